The molecule has 1 aromatic rings. The first-order valence-electron chi connectivity index (χ1n) is 12.3. The smallest absolute Gasteiger partial charge is 0.394 e. The van der Waals surface area contributed by atoms with E-state index in [1.165, 1.54) is 13.1 Å². The van der Waals surface area contributed by atoms with Crippen LogP contribution < -0.4 is 11.2 Å². The molecule has 2 saturated heterocycles. The van der Waals surface area contributed by atoms with Gasteiger partial charge in [0.15, 0.2) is 5.03 Å². The van der Waals surface area contributed by atoms with Crippen LogP contribution in [0.1, 0.15) is 73.6 Å². The van der Waals surface area contributed by atoms with Crippen molar-refractivity contribution in [2.75, 3.05) is 6.61 Å². The normalized spacial score (nSPS) is 26.3. The highest BCUT2D eigenvalue weighted by atomic mass is 28.5. The molecule has 0 saturated carbocycles. The Morgan fingerprint density at radius 1 is 0.971 bits per heavy atom. The molecule has 2 aliphatic heterocycles. The van der Waals surface area contributed by atoms with E-state index in [1.54, 1.807) is 0 Å². The molecule has 0 unspecified atom stereocenters. The third kappa shape index (κ3) is 4.73. The summed E-state index contributed by atoms with van der Waals surface area (Å²) < 4.78 is 28.2. The van der Waals surface area contributed by atoms with E-state index >= 15 is 0 Å². The van der Waals surface area contributed by atoms with E-state index in [-0.39, 0.29) is 39.0 Å². The van der Waals surface area contributed by atoms with Gasteiger partial charge in [0.25, 0.3) is 0 Å². The summed E-state index contributed by atoms with van der Waals surface area (Å²) in [4.78, 5) is 36.5. The number of nitro groups is 1. The molecule has 3 heterocycles. The quantitative estimate of drug-likeness (QED) is 0.311. The minimum absolute atomic E-state index is 0.0241. The highest BCUT2D eigenvalue weighted by Crippen LogP contribution is 2.48. The topological polar surface area (TPSA) is 124 Å². The van der Waals surface area contributed by atoms with Crippen molar-refractivity contribution in [1.82, 2.24) is 9.24 Å². The van der Waals surface area contributed by atoms with E-state index < -0.39 is 51.8 Å². The molecule has 3 rings (SSSR count). The van der Waals surface area contributed by atoms with Crippen molar-refractivity contribution in [3.8, 4) is 0 Å². The van der Waals surface area contributed by atoms with Crippen molar-refractivity contribution in [3.63, 3.8) is 0 Å². The number of ether oxygens (including phenoxy) is 1. The maximum Gasteiger partial charge on any atom is 0.394 e. The number of aromatic nitrogens is 2. The van der Waals surface area contributed by atoms with Crippen molar-refractivity contribution in [1.29, 1.82) is 0 Å². The zero-order valence-electron chi connectivity index (χ0n) is 22.1. The fraction of sp³-hybridized carbons (Fsp3) is 0.818. The Morgan fingerprint density at radius 2 is 1.51 bits per heavy atom. The minimum Gasteiger partial charge on any atom is -0.414 e. The Bertz CT molecular complexity index is 1050. The number of hydrogen-bond donors (Lipinski definition) is 0. The summed E-state index contributed by atoms with van der Waals surface area (Å²) in [5.74, 6) is 0. The summed E-state index contributed by atoms with van der Waals surface area (Å²) in [6, 6.07) is 0. The summed E-state index contributed by atoms with van der Waals surface area (Å²) in [5.41, 5.74) is -1.30. The van der Waals surface area contributed by atoms with Crippen molar-refractivity contribution in [2.24, 2.45) is 0 Å². The lowest BCUT2D eigenvalue weighted by molar-refractivity contribution is -0.549. The molecular weight excluding hydrogens is 490 g/mol. The van der Waals surface area contributed by atoms with Crippen LogP contribution in [-0.2, 0) is 17.7 Å². The zero-order valence-corrected chi connectivity index (χ0v) is 24.1. The van der Waals surface area contributed by atoms with Crippen LogP contribution in [0.25, 0.3) is 0 Å². The second kappa shape index (κ2) is 10.0. The van der Waals surface area contributed by atoms with Gasteiger partial charge >= 0.3 is 28.4 Å². The van der Waals surface area contributed by atoms with Crippen LogP contribution >= 0.6 is 0 Å². The number of rotatable bonds is 6. The van der Waals surface area contributed by atoms with E-state index in [0.29, 0.717) is 6.42 Å². The van der Waals surface area contributed by atoms with Crippen molar-refractivity contribution in [2.45, 2.75) is 109 Å². The fourth-order valence-corrected chi connectivity index (χ4v) is 16.6. The molecule has 35 heavy (non-hydrogen) atoms. The Kier molecular flexibility index (Phi) is 7.99. The fourth-order valence-electron chi connectivity index (χ4n) is 5.34. The standard InChI is InChI=1S/C22H39N3O8Si2/c1-13(2)34(14(3)4)30-12-19-18(32-35(33-34,15(5)6)16(7)8)10-20(31-19)23-11-17(9)21(26)24(22(23)27)25(28)29/h11,13-16,18-20H,10,12H2,1-9H3/t18-,19+,20+/m0/s1. The van der Waals surface area contributed by atoms with E-state index in [2.05, 4.69) is 55.4 Å². The van der Waals surface area contributed by atoms with Gasteiger partial charge in [-0.1, -0.05) is 55.4 Å². The van der Waals surface area contributed by atoms with Gasteiger partial charge in [-0.3, -0.25) is 9.36 Å². The molecule has 0 spiro atoms. The number of nitrogens with zero attached hydrogens (tertiary/aromatic N) is 3. The van der Waals surface area contributed by atoms with Gasteiger partial charge in [0.2, 0.25) is 0 Å². The van der Waals surface area contributed by atoms with Gasteiger partial charge in [-0.05, 0) is 29.1 Å². The van der Waals surface area contributed by atoms with E-state index in [9.17, 15) is 19.7 Å². The number of fused-ring (bicyclic) bond motifs is 1. The van der Waals surface area contributed by atoms with Gasteiger partial charge in [-0.2, -0.15) is 0 Å². The first kappa shape index (κ1) is 27.9. The van der Waals surface area contributed by atoms with Crippen LogP contribution in [0.15, 0.2) is 15.8 Å². The highest BCUT2D eigenvalue weighted by molar-refractivity contribution is 6.83. The van der Waals surface area contributed by atoms with Crippen molar-refractivity contribution < 1.29 is 22.7 Å². The predicted molar refractivity (Wildman–Crippen MR) is 134 cm³/mol. The zero-order chi connectivity index (χ0) is 26.5. The molecule has 1 aromatic heterocycles. The Balaban J connectivity index is 2.08. The SMILES string of the molecule is Cc1cn([C@H]2C[C@@H]3O[Si](C(C)C)(C(C)C)O[Si](C(C)C)(C(C)C)OC[C@H]3O2)c(=O)n([N+](=O)[O-])c1=O. The molecule has 0 radical (unpaired) electrons. The summed E-state index contributed by atoms with van der Waals surface area (Å²) in [6.07, 6.45) is -0.0989. The largest absolute Gasteiger partial charge is 0.414 e. The van der Waals surface area contributed by atoms with Crippen LogP contribution in [0.5, 0.6) is 0 Å². The summed E-state index contributed by atoms with van der Waals surface area (Å²) in [6.45, 7) is 18.7. The predicted octanol–water partition coefficient (Wildman–Crippen LogP) is 3.60. The van der Waals surface area contributed by atoms with Gasteiger partial charge in [-0.25, -0.2) is 14.9 Å². The van der Waals surface area contributed by atoms with Crippen molar-refractivity contribution >= 4 is 17.1 Å². The molecule has 2 aliphatic rings. The molecular formula is C22H39N3O8Si2. The first-order valence-corrected chi connectivity index (χ1v) is 16.3. The molecule has 3 atom stereocenters. The lowest BCUT2D eigenvalue weighted by Gasteiger charge is -2.51. The van der Waals surface area contributed by atoms with Crippen LogP contribution in [0.3, 0.4) is 0 Å². The highest BCUT2D eigenvalue weighted by Gasteiger charge is 2.60. The molecule has 0 aromatic carbocycles. The molecule has 198 valence electrons. The third-order valence-electron chi connectivity index (χ3n) is 7.27. The lowest BCUT2D eigenvalue weighted by atomic mass is 10.2. The van der Waals surface area contributed by atoms with Gasteiger partial charge in [0, 0.05) is 22.9 Å². The van der Waals surface area contributed by atoms with Crippen LogP contribution in [0.4, 0.5) is 0 Å². The molecule has 0 bridgehead atoms. The van der Waals surface area contributed by atoms with E-state index in [0.717, 1.165) is 4.57 Å². The average Bonchev–Trinajstić information content (AvgIpc) is 3.11. The van der Waals surface area contributed by atoms with Gasteiger partial charge in [0.05, 0.1) is 12.7 Å². The second-order valence-electron chi connectivity index (χ2n) is 10.9. The summed E-state index contributed by atoms with van der Waals surface area (Å²) in [7, 11) is -5.59. The molecule has 2 fully saturated rings. The summed E-state index contributed by atoms with van der Waals surface area (Å²) in [5, 5.41) is 10.4. The van der Waals surface area contributed by atoms with Gasteiger partial charge < -0.3 is 17.7 Å². The van der Waals surface area contributed by atoms with Crippen LogP contribution in [0, 0.1) is 17.0 Å². The second-order valence-corrected chi connectivity index (χ2v) is 19.7. The Hall–Kier alpha value is -1.65. The third-order valence-corrected chi connectivity index (χ3v) is 17.5. The molecule has 0 N–H and O–H groups in total. The van der Waals surface area contributed by atoms with Crippen LogP contribution in [-0.4, -0.2) is 50.2 Å². The molecule has 11 nitrogen and oxygen atoms in total. The van der Waals surface area contributed by atoms with E-state index in [4.69, 9.17) is 17.7 Å². The average molecular weight is 530 g/mol. The Morgan fingerprint density at radius 3 is 2.00 bits per heavy atom. The monoisotopic (exact) mass is 529 g/mol. The van der Waals surface area contributed by atoms with Gasteiger partial charge in [0.1, 0.15) is 12.3 Å². The van der Waals surface area contributed by atoms with Crippen molar-refractivity contribution in [3.05, 3.63) is 42.7 Å². The van der Waals surface area contributed by atoms with Gasteiger partial charge in [-0.15, -0.1) is 0 Å². The molecule has 13 heteroatoms. The molecule has 0 aliphatic carbocycles. The first-order chi connectivity index (χ1) is 16.2. The number of aryl methyl sites for hydroxylation is 1. The molecule has 0 amide bonds. The minimum atomic E-state index is -2.85. The number of hydrogen-bond acceptors (Lipinski definition) is 8. The maximum atomic E-state index is 12.9. The van der Waals surface area contributed by atoms with Crippen LogP contribution in [0.2, 0.25) is 22.2 Å². The maximum absolute atomic E-state index is 12.9. The Labute approximate surface area is 208 Å². The lowest BCUT2D eigenvalue weighted by Crippen LogP contribution is -2.65. The summed E-state index contributed by atoms with van der Waals surface area (Å²) >= 11 is 0. The van der Waals surface area contributed by atoms with E-state index in [1.807, 2.05) is 0 Å².